The van der Waals surface area contributed by atoms with E-state index in [0.29, 0.717) is 0 Å². The highest BCUT2D eigenvalue weighted by Gasteiger charge is 2.36. The fourth-order valence-electron chi connectivity index (χ4n) is 1.92. The van der Waals surface area contributed by atoms with Gasteiger partial charge in [0.05, 0.1) is 6.20 Å². The van der Waals surface area contributed by atoms with E-state index in [9.17, 15) is 22.7 Å². The van der Waals surface area contributed by atoms with E-state index in [2.05, 4.69) is 9.72 Å². The normalized spacial score (nSPS) is 14.6. The molecule has 1 unspecified atom stereocenters. The first kappa shape index (κ1) is 15.2. The Morgan fingerprint density at radius 2 is 1.81 bits per heavy atom. The van der Waals surface area contributed by atoms with E-state index in [1.165, 1.54) is 31.3 Å². The predicted octanol–water partition coefficient (Wildman–Crippen LogP) is 3.38. The predicted molar refractivity (Wildman–Crippen MR) is 66.0 cm³/mol. The molecule has 0 aliphatic rings. The highest BCUT2D eigenvalue weighted by Crippen LogP contribution is 2.37. The summed E-state index contributed by atoms with van der Waals surface area (Å²) in [7, 11) is 0. The van der Waals surface area contributed by atoms with Gasteiger partial charge in [-0.15, -0.1) is 13.2 Å². The zero-order valence-corrected chi connectivity index (χ0v) is 10.9. The molecule has 1 N–H and O–H groups in total. The van der Waals surface area contributed by atoms with Gasteiger partial charge in [0.25, 0.3) is 0 Å². The van der Waals surface area contributed by atoms with Crippen LogP contribution < -0.4 is 4.74 Å². The summed E-state index contributed by atoms with van der Waals surface area (Å²) in [6.07, 6.45) is -2.79. The standard InChI is InChI=1S/C14H11F4NO2/c1-13(20,9-6-10(15)8-19-7-9)11-4-2-3-5-12(11)21-14(16,17)18/h2-8,20H,1H3. The Labute approximate surface area is 117 Å². The van der Waals surface area contributed by atoms with Crippen LogP contribution in [-0.2, 0) is 5.60 Å². The number of halogens is 4. The number of ether oxygens (including phenoxy) is 1. The second-order valence-electron chi connectivity index (χ2n) is 4.51. The number of aliphatic hydroxyl groups is 1. The summed E-state index contributed by atoms with van der Waals surface area (Å²) >= 11 is 0. The molecule has 0 aliphatic carbocycles. The van der Waals surface area contributed by atoms with Gasteiger partial charge in [-0.3, -0.25) is 4.98 Å². The number of benzene rings is 1. The number of nitrogens with zero attached hydrogens (tertiary/aromatic N) is 1. The molecule has 1 aromatic carbocycles. The molecule has 0 aliphatic heterocycles. The smallest absolute Gasteiger partial charge is 0.405 e. The van der Waals surface area contributed by atoms with E-state index < -0.39 is 23.5 Å². The van der Waals surface area contributed by atoms with Crippen LogP contribution in [0.4, 0.5) is 17.6 Å². The zero-order valence-electron chi connectivity index (χ0n) is 10.9. The Bertz CT molecular complexity index is 641. The van der Waals surface area contributed by atoms with Crippen LogP contribution in [0.25, 0.3) is 0 Å². The molecule has 0 bridgehead atoms. The third-order valence-corrected chi connectivity index (χ3v) is 2.90. The van der Waals surface area contributed by atoms with Gasteiger partial charge in [-0.25, -0.2) is 4.39 Å². The molecule has 1 aromatic heterocycles. The molecule has 0 radical (unpaired) electrons. The monoisotopic (exact) mass is 301 g/mol. The molecule has 2 aromatic rings. The molecule has 1 atom stereocenters. The van der Waals surface area contributed by atoms with Crippen molar-refractivity contribution in [1.29, 1.82) is 0 Å². The average Bonchev–Trinajstić information content (AvgIpc) is 2.37. The molecule has 7 heteroatoms. The number of pyridine rings is 1. The van der Waals surface area contributed by atoms with Crippen molar-refractivity contribution in [2.45, 2.75) is 18.9 Å². The Kier molecular flexibility index (Phi) is 3.87. The lowest BCUT2D eigenvalue weighted by Gasteiger charge is -2.26. The highest BCUT2D eigenvalue weighted by atomic mass is 19.4. The number of hydrogen-bond acceptors (Lipinski definition) is 3. The molecule has 3 nitrogen and oxygen atoms in total. The van der Waals surface area contributed by atoms with Gasteiger partial charge in [0.2, 0.25) is 0 Å². The van der Waals surface area contributed by atoms with Gasteiger partial charge in [-0.1, -0.05) is 18.2 Å². The SMILES string of the molecule is CC(O)(c1cncc(F)c1)c1ccccc1OC(F)(F)F. The minimum Gasteiger partial charge on any atom is -0.405 e. The van der Waals surface area contributed by atoms with E-state index in [-0.39, 0.29) is 11.1 Å². The molecule has 0 saturated carbocycles. The molecular weight excluding hydrogens is 290 g/mol. The molecule has 0 fully saturated rings. The van der Waals surface area contributed by atoms with Crippen LogP contribution in [0.1, 0.15) is 18.1 Å². The summed E-state index contributed by atoms with van der Waals surface area (Å²) in [5.74, 6) is -1.26. The fraction of sp³-hybridized carbons (Fsp3) is 0.214. The van der Waals surface area contributed by atoms with Gasteiger partial charge in [0, 0.05) is 17.3 Å². The number of alkyl halides is 3. The van der Waals surface area contributed by atoms with Crippen molar-refractivity contribution in [3.05, 3.63) is 59.7 Å². The number of rotatable bonds is 3. The lowest BCUT2D eigenvalue weighted by Crippen LogP contribution is -2.26. The van der Waals surface area contributed by atoms with Crippen LogP contribution in [0.2, 0.25) is 0 Å². The Balaban J connectivity index is 2.50. The summed E-state index contributed by atoms with van der Waals surface area (Å²) in [6.45, 7) is 1.24. The van der Waals surface area contributed by atoms with Crippen molar-refractivity contribution >= 4 is 0 Å². The van der Waals surface area contributed by atoms with Gasteiger partial charge in [0.1, 0.15) is 17.2 Å². The molecule has 2 rings (SSSR count). The molecule has 112 valence electrons. The third kappa shape index (κ3) is 3.49. The average molecular weight is 301 g/mol. The molecule has 21 heavy (non-hydrogen) atoms. The minimum atomic E-state index is -4.90. The van der Waals surface area contributed by atoms with Crippen molar-refractivity contribution in [1.82, 2.24) is 4.98 Å². The quantitative estimate of drug-likeness (QED) is 0.884. The van der Waals surface area contributed by atoms with Gasteiger partial charge in [0.15, 0.2) is 0 Å². The number of hydrogen-bond donors (Lipinski definition) is 1. The summed E-state index contributed by atoms with van der Waals surface area (Å²) in [5, 5.41) is 10.5. The summed E-state index contributed by atoms with van der Waals surface area (Å²) in [5.41, 5.74) is -2.02. The third-order valence-electron chi connectivity index (χ3n) is 2.90. The van der Waals surface area contributed by atoms with Crippen molar-refractivity contribution in [2.75, 3.05) is 0 Å². The zero-order chi connectivity index (χ0) is 15.7. The van der Waals surface area contributed by atoms with Crippen LogP contribution in [0, 0.1) is 5.82 Å². The van der Waals surface area contributed by atoms with Crippen molar-refractivity contribution in [3.8, 4) is 5.75 Å². The van der Waals surface area contributed by atoms with Crippen molar-refractivity contribution < 1.29 is 27.4 Å². The summed E-state index contributed by atoms with van der Waals surface area (Å²) in [4.78, 5) is 3.58. The summed E-state index contributed by atoms with van der Waals surface area (Å²) < 4.78 is 54.3. The second kappa shape index (κ2) is 5.33. The maximum Gasteiger partial charge on any atom is 0.573 e. The fourth-order valence-corrected chi connectivity index (χ4v) is 1.92. The van der Waals surface area contributed by atoms with E-state index in [1.54, 1.807) is 0 Å². The summed E-state index contributed by atoms with van der Waals surface area (Å²) in [6, 6.07) is 6.12. The lowest BCUT2D eigenvalue weighted by molar-refractivity contribution is -0.275. The minimum absolute atomic E-state index is 0.0146. The number of para-hydroxylation sites is 1. The van der Waals surface area contributed by atoms with Crippen LogP contribution >= 0.6 is 0 Å². The first-order chi connectivity index (χ1) is 9.70. The van der Waals surface area contributed by atoms with E-state index in [0.717, 1.165) is 18.3 Å². The lowest BCUT2D eigenvalue weighted by atomic mass is 9.88. The Hall–Kier alpha value is -2.15. The topological polar surface area (TPSA) is 42.4 Å². The molecular formula is C14H11F4NO2. The first-order valence-corrected chi connectivity index (χ1v) is 5.89. The highest BCUT2D eigenvalue weighted by molar-refractivity contribution is 5.43. The van der Waals surface area contributed by atoms with Crippen LogP contribution in [0.15, 0.2) is 42.7 Å². The molecule has 0 spiro atoms. The Morgan fingerprint density at radius 1 is 1.14 bits per heavy atom. The van der Waals surface area contributed by atoms with Crippen LogP contribution in [0.3, 0.4) is 0 Å². The first-order valence-electron chi connectivity index (χ1n) is 5.89. The van der Waals surface area contributed by atoms with Gasteiger partial charge in [-0.05, 0) is 19.1 Å². The van der Waals surface area contributed by atoms with Gasteiger partial charge < -0.3 is 9.84 Å². The maximum atomic E-state index is 13.2. The maximum absolute atomic E-state index is 13.2. The molecule has 0 saturated heterocycles. The Morgan fingerprint density at radius 3 is 2.43 bits per heavy atom. The van der Waals surface area contributed by atoms with Crippen molar-refractivity contribution in [2.24, 2.45) is 0 Å². The van der Waals surface area contributed by atoms with Crippen molar-refractivity contribution in [3.63, 3.8) is 0 Å². The van der Waals surface area contributed by atoms with E-state index >= 15 is 0 Å². The second-order valence-corrected chi connectivity index (χ2v) is 4.51. The molecule has 0 amide bonds. The molecule has 1 heterocycles. The van der Waals surface area contributed by atoms with Gasteiger partial charge in [-0.2, -0.15) is 0 Å². The van der Waals surface area contributed by atoms with E-state index in [1.807, 2.05) is 0 Å². The van der Waals surface area contributed by atoms with E-state index in [4.69, 9.17) is 0 Å². The van der Waals surface area contributed by atoms with Crippen LogP contribution in [0.5, 0.6) is 5.75 Å². The number of aromatic nitrogens is 1. The van der Waals surface area contributed by atoms with Crippen LogP contribution in [-0.4, -0.2) is 16.5 Å². The van der Waals surface area contributed by atoms with Gasteiger partial charge >= 0.3 is 6.36 Å². The largest absolute Gasteiger partial charge is 0.573 e.